The summed E-state index contributed by atoms with van der Waals surface area (Å²) in [7, 11) is -1.38. The van der Waals surface area contributed by atoms with Crippen molar-refractivity contribution in [3.05, 3.63) is 30.3 Å². The Morgan fingerprint density at radius 3 is 2.92 bits per heavy atom. The topological polar surface area (TPSA) is 101 Å². The predicted molar refractivity (Wildman–Crippen MR) is 90.6 cm³/mol. The molecule has 1 aromatic carbocycles. The molecule has 8 heteroatoms. The molecule has 24 heavy (non-hydrogen) atoms. The van der Waals surface area contributed by atoms with Crippen LogP contribution in [-0.4, -0.2) is 43.1 Å². The van der Waals surface area contributed by atoms with Gasteiger partial charge >= 0.3 is 0 Å². The van der Waals surface area contributed by atoms with Crippen LogP contribution < -0.4 is 10.1 Å². The van der Waals surface area contributed by atoms with E-state index >= 15 is 0 Å². The Bertz CT molecular complexity index is 845. The summed E-state index contributed by atoms with van der Waals surface area (Å²) in [5.41, 5.74) is 1.57. The second-order valence-corrected chi connectivity index (χ2v) is 8.12. The Labute approximate surface area is 140 Å². The van der Waals surface area contributed by atoms with Crippen LogP contribution in [0, 0.1) is 5.92 Å². The van der Waals surface area contributed by atoms with Gasteiger partial charge in [-0.2, -0.15) is 5.10 Å². The Hall–Kier alpha value is -2.35. The van der Waals surface area contributed by atoms with Gasteiger partial charge in [0.2, 0.25) is 5.91 Å². The molecule has 1 aliphatic heterocycles. The lowest BCUT2D eigenvalue weighted by atomic mass is 10.1. The van der Waals surface area contributed by atoms with Gasteiger partial charge in [0.05, 0.1) is 24.3 Å². The van der Waals surface area contributed by atoms with E-state index in [1.807, 2.05) is 24.3 Å². The zero-order valence-corrected chi connectivity index (χ0v) is 14.1. The van der Waals surface area contributed by atoms with E-state index in [0.717, 1.165) is 11.3 Å². The fourth-order valence-electron chi connectivity index (χ4n) is 2.88. The minimum atomic E-state index is -2.97. The number of amides is 1. The Kier molecular flexibility index (Phi) is 4.57. The number of anilines is 1. The number of carbonyl (C=O) groups excluding carboxylic acids is 1. The number of hydrogen-bond donors (Lipinski definition) is 2. The number of para-hydroxylation sites is 1. The molecule has 1 atom stereocenters. The number of hydrogen-bond acceptors (Lipinski definition) is 5. The highest BCUT2D eigenvalue weighted by atomic mass is 32.2. The molecule has 1 aliphatic rings. The number of H-pyrrole nitrogens is 1. The summed E-state index contributed by atoms with van der Waals surface area (Å²) in [6.45, 7) is 0. The van der Waals surface area contributed by atoms with Gasteiger partial charge in [0.25, 0.3) is 0 Å². The van der Waals surface area contributed by atoms with E-state index in [2.05, 4.69) is 15.5 Å². The van der Waals surface area contributed by atoms with Crippen LogP contribution in [0.25, 0.3) is 11.3 Å². The van der Waals surface area contributed by atoms with Gasteiger partial charge in [-0.25, -0.2) is 8.42 Å². The quantitative estimate of drug-likeness (QED) is 0.858. The molecule has 128 valence electrons. The summed E-state index contributed by atoms with van der Waals surface area (Å²) in [4.78, 5) is 12.1. The van der Waals surface area contributed by atoms with Crippen LogP contribution in [0.3, 0.4) is 0 Å². The Balaban J connectivity index is 1.65. The third-order valence-electron chi connectivity index (χ3n) is 4.04. The van der Waals surface area contributed by atoms with E-state index in [-0.39, 0.29) is 29.8 Å². The Morgan fingerprint density at radius 1 is 1.42 bits per heavy atom. The fraction of sp³-hybridized carbons (Fsp3) is 0.375. The van der Waals surface area contributed by atoms with Gasteiger partial charge in [0, 0.05) is 18.1 Å². The minimum absolute atomic E-state index is 0.0907. The van der Waals surface area contributed by atoms with Crippen LogP contribution in [-0.2, 0) is 14.6 Å². The van der Waals surface area contributed by atoms with Crippen molar-refractivity contribution in [1.82, 2.24) is 10.2 Å². The molecule has 1 fully saturated rings. The van der Waals surface area contributed by atoms with E-state index in [9.17, 15) is 13.2 Å². The summed E-state index contributed by atoms with van der Waals surface area (Å²) < 4.78 is 28.2. The van der Waals surface area contributed by atoms with Gasteiger partial charge in [-0.1, -0.05) is 12.1 Å². The molecule has 0 spiro atoms. The summed E-state index contributed by atoms with van der Waals surface area (Å²) in [5.74, 6) is 1.04. The molecule has 1 saturated heterocycles. The molecule has 0 aliphatic carbocycles. The second-order valence-electron chi connectivity index (χ2n) is 5.89. The average Bonchev–Trinajstić information content (AvgIpc) is 3.13. The first-order valence-electron chi connectivity index (χ1n) is 7.66. The summed E-state index contributed by atoms with van der Waals surface area (Å²) in [5, 5.41) is 9.66. The van der Waals surface area contributed by atoms with Gasteiger partial charge < -0.3 is 10.1 Å². The van der Waals surface area contributed by atoms with Gasteiger partial charge in [-0.15, -0.1) is 0 Å². The van der Waals surface area contributed by atoms with Gasteiger partial charge in [0.1, 0.15) is 5.75 Å². The van der Waals surface area contributed by atoms with E-state index in [1.54, 1.807) is 13.2 Å². The van der Waals surface area contributed by atoms with Crippen molar-refractivity contribution in [2.24, 2.45) is 5.92 Å². The van der Waals surface area contributed by atoms with E-state index in [4.69, 9.17) is 4.74 Å². The molecule has 1 aromatic heterocycles. The van der Waals surface area contributed by atoms with Crippen LogP contribution in [0.4, 0.5) is 5.82 Å². The molecule has 2 heterocycles. The molecular weight excluding hydrogens is 330 g/mol. The average molecular weight is 349 g/mol. The van der Waals surface area contributed by atoms with Crippen molar-refractivity contribution in [2.45, 2.75) is 12.8 Å². The molecule has 1 amide bonds. The maximum Gasteiger partial charge on any atom is 0.225 e. The lowest BCUT2D eigenvalue weighted by Crippen LogP contribution is -2.17. The Morgan fingerprint density at radius 2 is 2.21 bits per heavy atom. The smallest absolute Gasteiger partial charge is 0.225 e. The highest BCUT2D eigenvalue weighted by Crippen LogP contribution is 2.29. The number of aromatic amines is 1. The van der Waals surface area contributed by atoms with Crippen LogP contribution in [0.2, 0.25) is 0 Å². The first-order valence-corrected chi connectivity index (χ1v) is 9.48. The number of sulfone groups is 1. The van der Waals surface area contributed by atoms with Crippen LogP contribution >= 0.6 is 0 Å². The summed E-state index contributed by atoms with van der Waals surface area (Å²) in [6.07, 6.45) is 0.735. The van der Waals surface area contributed by atoms with Crippen molar-refractivity contribution < 1.29 is 17.9 Å². The summed E-state index contributed by atoms with van der Waals surface area (Å²) in [6, 6.07) is 9.21. The third-order valence-corrected chi connectivity index (χ3v) is 5.88. The number of benzene rings is 1. The molecular formula is C16H19N3O4S. The molecule has 0 saturated carbocycles. The zero-order chi connectivity index (χ0) is 17.2. The van der Waals surface area contributed by atoms with Crippen molar-refractivity contribution in [2.75, 3.05) is 23.9 Å². The first-order chi connectivity index (χ1) is 11.5. The maximum absolute atomic E-state index is 12.1. The van der Waals surface area contributed by atoms with E-state index in [0.29, 0.717) is 18.0 Å². The number of aromatic nitrogens is 2. The fourth-order valence-corrected chi connectivity index (χ4v) is 4.74. The standard InChI is InChI=1S/C16H19N3O4S/c1-23-14-5-3-2-4-12(14)13-9-15(19-18-13)17-16(20)8-11-6-7-24(21,22)10-11/h2-5,9,11H,6-8,10H2,1H3,(H2,17,18,19,20). The van der Waals surface area contributed by atoms with Crippen molar-refractivity contribution in [3.8, 4) is 17.0 Å². The van der Waals surface area contributed by atoms with Crippen molar-refractivity contribution in [3.63, 3.8) is 0 Å². The normalized spacial score (nSPS) is 19.1. The lowest BCUT2D eigenvalue weighted by molar-refractivity contribution is -0.116. The lowest BCUT2D eigenvalue weighted by Gasteiger charge is -2.06. The molecule has 3 rings (SSSR count). The number of rotatable bonds is 5. The van der Waals surface area contributed by atoms with Crippen molar-refractivity contribution >= 4 is 21.6 Å². The number of carbonyl (C=O) groups is 1. The largest absolute Gasteiger partial charge is 0.496 e. The van der Waals surface area contributed by atoms with Gasteiger partial charge in [-0.3, -0.25) is 9.89 Å². The van der Waals surface area contributed by atoms with E-state index in [1.165, 1.54) is 0 Å². The highest BCUT2D eigenvalue weighted by molar-refractivity contribution is 7.91. The molecule has 0 bridgehead atoms. The van der Waals surface area contributed by atoms with Crippen LogP contribution in [0.5, 0.6) is 5.75 Å². The number of methoxy groups -OCH3 is 1. The SMILES string of the molecule is COc1ccccc1-c1cc(NC(=O)CC2CCS(=O)(=O)C2)n[nH]1. The number of ether oxygens (including phenoxy) is 1. The number of nitrogens with zero attached hydrogens (tertiary/aromatic N) is 1. The minimum Gasteiger partial charge on any atom is -0.496 e. The summed E-state index contributed by atoms with van der Waals surface area (Å²) >= 11 is 0. The monoisotopic (exact) mass is 349 g/mol. The van der Waals surface area contributed by atoms with Gasteiger partial charge in [-0.05, 0) is 24.5 Å². The third kappa shape index (κ3) is 3.76. The molecule has 2 N–H and O–H groups in total. The zero-order valence-electron chi connectivity index (χ0n) is 13.3. The van der Waals surface area contributed by atoms with E-state index < -0.39 is 9.84 Å². The maximum atomic E-state index is 12.1. The van der Waals surface area contributed by atoms with Gasteiger partial charge in [0.15, 0.2) is 15.7 Å². The molecule has 0 radical (unpaired) electrons. The number of nitrogens with one attached hydrogen (secondary N) is 2. The molecule has 1 unspecified atom stereocenters. The van der Waals surface area contributed by atoms with Crippen molar-refractivity contribution in [1.29, 1.82) is 0 Å². The van der Waals surface area contributed by atoms with Crippen LogP contribution in [0.15, 0.2) is 30.3 Å². The highest BCUT2D eigenvalue weighted by Gasteiger charge is 2.29. The molecule has 2 aromatic rings. The molecule has 7 nitrogen and oxygen atoms in total. The first kappa shape index (κ1) is 16.5. The van der Waals surface area contributed by atoms with Crippen LogP contribution in [0.1, 0.15) is 12.8 Å². The predicted octanol–water partition coefficient (Wildman–Crippen LogP) is 1.85. The second kappa shape index (κ2) is 6.64.